The molecule has 5 rings (SSSR count). The molecule has 3 aromatic carbocycles. The number of carbonyl (C=O) groups excluding carboxylic acids is 1. The van der Waals surface area contributed by atoms with E-state index in [-0.39, 0.29) is 35.7 Å². The summed E-state index contributed by atoms with van der Waals surface area (Å²) in [6, 6.07) is 21.1. The molecule has 0 spiro atoms. The summed E-state index contributed by atoms with van der Waals surface area (Å²) in [6.07, 6.45) is 1.65. The number of hydrogen-bond acceptors (Lipinski definition) is 6. The lowest BCUT2D eigenvalue weighted by Gasteiger charge is -2.31. The summed E-state index contributed by atoms with van der Waals surface area (Å²) in [5.41, 5.74) is 10.8. The lowest BCUT2D eigenvalue weighted by molar-refractivity contribution is -0.130. The Bertz CT molecular complexity index is 1230. The van der Waals surface area contributed by atoms with Crippen LogP contribution in [-0.4, -0.2) is 42.7 Å². The normalized spacial score (nSPS) is 23.1. The van der Waals surface area contributed by atoms with Gasteiger partial charge in [-0.25, -0.2) is 10.9 Å². The van der Waals surface area contributed by atoms with Crippen LogP contribution in [0.1, 0.15) is 41.3 Å². The predicted octanol–water partition coefficient (Wildman–Crippen LogP) is 3.93. The van der Waals surface area contributed by atoms with Crippen LogP contribution in [0.5, 0.6) is 17.2 Å². The molecule has 2 aliphatic heterocycles. The highest BCUT2D eigenvalue weighted by Crippen LogP contribution is 2.48. The van der Waals surface area contributed by atoms with E-state index < -0.39 is 0 Å². The fourth-order valence-electron chi connectivity index (χ4n) is 5.60. The van der Waals surface area contributed by atoms with Gasteiger partial charge in [-0.3, -0.25) is 4.79 Å². The molecule has 1 amide bonds. The molecule has 3 aromatic rings. The summed E-state index contributed by atoms with van der Waals surface area (Å²) in [5.74, 6) is 1.58. The van der Waals surface area contributed by atoms with Crippen molar-refractivity contribution in [2.24, 2.45) is 5.92 Å². The van der Waals surface area contributed by atoms with E-state index >= 15 is 0 Å². The van der Waals surface area contributed by atoms with Crippen LogP contribution in [0.25, 0.3) is 0 Å². The highest BCUT2D eigenvalue weighted by atomic mass is 16.5. The monoisotopic (exact) mass is 487 g/mol. The Morgan fingerprint density at radius 2 is 1.58 bits per heavy atom. The highest BCUT2D eigenvalue weighted by molar-refractivity contribution is 5.86. The van der Waals surface area contributed by atoms with Gasteiger partial charge < -0.3 is 19.5 Å². The molecule has 36 heavy (non-hydrogen) atoms. The van der Waals surface area contributed by atoms with Crippen LogP contribution in [0, 0.1) is 5.92 Å². The molecule has 7 nitrogen and oxygen atoms in total. The number of nitrogens with zero attached hydrogens (tertiary/aromatic N) is 1. The minimum Gasteiger partial charge on any atom is -0.508 e. The van der Waals surface area contributed by atoms with Gasteiger partial charge in [0.15, 0.2) is 11.5 Å². The number of nitrogens with one attached hydrogen (secondary N) is 2. The van der Waals surface area contributed by atoms with Crippen molar-refractivity contribution in [2.45, 2.75) is 37.9 Å². The van der Waals surface area contributed by atoms with E-state index in [1.807, 2.05) is 41.3 Å². The number of aromatic hydroxyl groups is 1. The predicted molar refractivity (Wildman–Crippen MR) is 138 cm³/mol. The number of carbonyl (C=O) groups is 1. The number of phenolic OH excluding ortho intramolecular Hbond substituents is 1. The number of hydrogen-bond donors (Lipinski definition) is 3. The number of fused-ring (bicyclic) bond motifs is 1. The van der Waals surface area contributed by atoms with Crippen molar-refractivity contribution in [1.82, 2.24) is 15.8 Å². The van der Waals surface area contributed by atoms with Gasteiger partial charge in [-0.05, 0) is 47.7 Å². The number of hydrazine groups is 1. The Morgan fingerprint density at radius 1 is 0.889 bits per heavy atom. The number of aryl methyl sites for hydroxylation is 1. The number of phenols is 1. The molecule has 188 valence electrons. The Labute approximate surface area is 212 Å². The van der Waals surface area contributed by atoms with E-state index in [4.69, 9.17) is 9.47 Å². The largest absolute Gasteiger partial charge is 0.508 e. The van der Waals surface area contributed by atoms with Crippen LogP contribution in [0.15, 0.2) is 66.7 Å². The molecular formula is C29H33N3O4. The zero-order valence-corrected chi connectivity index (χ0v) is 20.9. The summed E-state index contributed by atoms with van der Waals surface area (Å²) in [7, 11) is 3.25. The quantitative estimate of drug-likeness (QED) is 0.447. The number of benzene rings is 3. The van der Waals surface area contributed by atoms with Gasteiger partial charge in [0, 0.05) is 18.0 Å². The molecule has 0 radical (unpaired) electrons. The first-order chi connectivity index (χ1) is 17.5. The summed E-state index contributed by atoms with van der Waals surface area (Å²) in [6.45, 7) is 2.70. The first-order valence-corrected chi connectivity index (χ1v) is 12.4. The topological polar surface area (TPSA) is 83.1 Å². The van der Waals surface area contributed by atoms with Crippen molar-refractivity contribution in [3.63, 3.8) is 0 Å². The Morgan fingerprint density at radius 3 is 2.28 bits per heavy atom. The first kappa shape index (κ1) is 24.2. The molecule has 2 saturated heterocycles. The van der Waals surface area contributed by atoms with Crippen LogP contribution in [0.3, 0.4) is 0 Å². The van der Waals surface area contributed by atoms with Gasteiger partial charge in [-0.2, -0.15) is 0 Å². The Hall–Kier alpha value is -3.55. The highest BCUT2D eigenvalue weighted by Gasteiger charge is 2.55. The van der Waals surface area contributed by atoms with Crippen molar-refractivity contribution in [1.29, 1.82) is 0 Å². The molecular weight excluding hydrogens is 454 g/mol. The summed E-state index contributed by atoms with van der Waals surface area (Å²) in [5, 5.41) is 10.6. The van der Waals surface area contributed by atoms with Crippen LogP contribution >= 0.6 is 0 Å². The lowest BCUT2D eigenvalue weighted by atomic mass is 9.83. The first-order valence-electron chi connectivity index (χ1n) is 12.4. The maximum absolute atomic E-state index is 13.7. The van der Waals surface area contributed by atoms with Crippen LogP contribution in [0.2, 0.25) is 0 Å². The second-order valence-corrected chi connectivity index (χ2v) is 9.39. The van der Waals surface area contributed by atoms with Gasteiger partial charge in [0.1, 0.15) is 11.8 Å². The van der Waals surface area contributed by atoms with Crippen LogP contribution in [0.4, 0.5) is 0 Å². The molecule has 3 N–H and O–H groups in total. The van der Waals surface area contributed by atoms with E-state index in [9.17, 15) is 9.90 Å². The molecule has 0 aliphatic carbocycles. The second kappa shape index (κ2) is 10.2. The maximum atomic E-state index is 13.7. The standard InChI is InChI=1S/C29H33N3O4/c1-4-18-9-12-20(13-10-18)28-25-26(21-7-5-6-8-22(21)33)30-31-27(25)29(34)32(28)16-15-19-11-14-23(35-2)24(17-19)36-3/h5-14,17,25-28,30-31,33H,4,15-16H2,1-3H3. The van der Waals surface area contributed by atoms with E-state index in [0.29, 0.717) is 24.5 Å². The molecule has 0 aromatic heterocycles. The van der Waals surface area contributed by atoms with Crippen LogP contribution in [-0.2, 0) is 17.6 Å². The van der Waals surface area contributed by atoms with Crippen molar-refractivity contribution in [3.8, 4) is 17.2 Å². The third-order valence-electron chi connectivity index (χ3n) is 7.50. The maximum Gasteiger partial charge on any atom is 0.242 e. The van der Waals surface area contributed by atoms with E-state index in [2.05, 4.69) is 42.0 Å². The van der Waals surface area contributed by atoms with Crippen molar-refractivity contribution >= 4 is 5.91 Å². The SMILES string of the molecule is CCc1ccc(C2C3C(NNC3c3ccccc3O)C(=O)N2CCc2ccc(OC)c(OC)c2)cc1. The number of likely N-dealkylation sites (tertiary alicyclic amines) is 1. The molecule has 0 saturated carbocycles. The zero-order chi connectivity index (χ0) is 25.2. The lowest BCUT2D eigenvalue weighted by Crippen LogP contribution is -2.42. The number of ether oxygens (including phenoxy) is 2. The average molecular weight is 488 g/mol. The fraction of sp³-hybridized carbons (Fsp3) is 0.345. The van der Waals surface area contributed by atoms with Crippen LogP contribution < -0.4 is 20.3 Å². The molecule has 4 atom stereocenters. The summed E-state index contributed by atoms with van der Waals surface area (Å²) < 4.78 is 10.8. The summed E-state index contributed by atoms with van der Waals surface area (Å²) in [4.78, 5) is 15.7. The molecule has 2 fully saturated rings. The molecule has 2 heterocycles. The molecule has 2 aliphatic rings. The zero-order valence-electron chi connectivity index (χ0n) is 20.9. The van der Waals surface area contributed by atoms with Gasteiger partial charge in [0.25, 0.3) is 0 Å². The van der Waals surface area contributed by atoms with E-state index in [1.54, 1.807) is 20.3 Å². The minimum atomic E-state index is -0.379. The second-order valence-electron chi connectivity index (χ2n) is 9.39. The number of methoxy groups -OCH3 is 2. The van der Waals surface area contributed by atoms with Gasteiger partial charge in [-0.15, -0.1) is 0 Å². The average Bonchev–Trinajstić information content (AvgIpc) is 3.46. The van der Waals surface area contributed by atoms with Gasteiger partial charge in [-0.1, -0.05) is 55.5 Å². The fourth-order valence-corrected chi connectivity index (χ4v) is 5.60. The van der Waals surface area contributed by atoms with Crippen molar-refractivity contribution in [3.05, 3.63) is 89.0 Å². The number of para-hydroxylation sites is 1. The van der Waals surface area contributed by atoms with Crippen molar-refractivity contribution in [2.75, 3.05) is 20.8 Å². The third kappa shape index (κ3) is 4.29. The van der Waals surface area contributed by atoms with E-state index in [0.717, 1.165) is 23.1 Å². The Kier molecular flexibility index (Phi) is 6.85. The van der Waals surface area contributed by atoms with Crippen molar-refractivity contribution < 1.29 is 19.4 Å². The smallest absolute Gasteiger partial charge is 0.242 e. The third-order valence-corrected chi connectivity index (χ3v) is 7.50. The number of rotatable bonds is 8. The van der Waals surface area contributed by atoms with E-state index in [1.165, 1.54) is 5.56 Å². The minimum absolute atomic E-state index is 0.0652. The Balaban J connectivity index is 1.48. The molecule has 7 heteroatoms. The summed E-state index contributed by atoms with van der Waals surface area (Å²) >= 11 is 0. The number of amides is 1. The molecule has 0 bridgehead atoms. The van der Waals surface area contributed by atoms with Gasteiger partial charge >= 0.3 is 0 Å². The van der Waals surface area contributed by atoms with Gasteiger partial charge in [0.05, 0.1) is 26.3 Å². The molecule has 4 unspecified atom stereocenters. The van der Waals surface area contributed by atoms with Gasteiger partial charge in [0.2, 0.25) is 5.91 Å².